The monoisotopic (exact) mass is 490 g/mol. The quantitative estimate of drug-likeness (QED) is 0.474. The molecule has 36 heavy (non-hydrogen) atoms. The number of pyridine rings is 1. The summed E-state index contributed by atoms with van der Waals surface area (Å²) in [4.78, 5) is 45.6. The average Bonchev–Trinajstić information content (AvgIpc) is 3.61. The fourth-order valence-electron chi connectivity index (χ4n) is 4.45. The number of nitrogens with one attached hydrogen (secondary N) is 2. The Hall–Kier alpha value is -4.14. The van der Waals surface area contributed by atoms with E-state index in [4.69, 9.17) is 9.15 Å². The minimum Gasteiger partial charge on any atom is -0.495 e. The molecule has 9 nitrogen and oxygen atoms in total. The fourth-order valence-corrected chi connectivity index (χ4v) is 4.45. The maximum atomic E-state index is 13.8. The number of nitrogens with zero attached hydrogens (tertiary/aromatic N) is 2. The van der Waals surface area contributed by atoms with Crippen molar-refractivity contribution in [3.8, 4) is 5.75 Å². The van der Waals surface area contributed by atoms with Crippen LogP contribution >= 0.6 is 0 Å². The third kappa shape index (κ3) is 5.73. The first-order chi connectivity index (χ1) is 17.5. The Morgan fingerprint density at radius 3 is 2.64 bits per heavy atom. The van der Waals surface area contributed by atoms with E-state index in [2.05, 4.69) is 15.6 Å². The molecule has 9 heteroatoms. The van der Waals surface area contributed by atoms with Crippen LogP contribution in [0.5, 0.6) is 5.75 Å². The second-order valence-corrected chi connectivity index (χ2v) is 8.78. The summed E-state index contributed by atoms with van der Waals surface area (Å²) in [6.45, 7) is 1.53. The first-order valence-electron chi connectivity index (χ1n) is 12.0. The highest BCUT2D eigenvalue weighted by Gasteiger charge is 2.36. The Labute approximate surface area is 209 Å². The first-order valence-corrected chi connectivity index (χ1v) is 12.0. The predicted octanol–water partition coefficient (Wildman–Crippen LogP) is 3.55. The standard InChI is InChI=1S/C27H30N4O5/c1-18-11-12-22(35-2)21(15-18)31(24(32)17-29-26(33)23-10-6-14-36-23)25(19-7-5-13-28-16-19)27(34)30-20-8-3-4-9-20/h5-7,10-16,20,25H,3-4,8-9,17H2,1-2H3,(H,29,33)(H,30,34)/t25-/m1/s1. The van der Waals surface area contributed by atoms with E-state index in [0.29, 0.717) is 17.0 Å². The first kappa shape index (κ1) is 25.0. The van der Waals surface area contributed by atoms with E-state index in [1.165, 1.54) is 24.3 Å². The van der Waals surface area contributed by atoms with Crippen molar-refractivity contribution in [1.82, 2.24) is 15.6 Å². The second-order valence-electron chi connectivity index (χ2n) is 8.78. The molecule has 0 aliphatic heterocycles. The Bertz CT molecular complexity index is 1190. The summed E-state index contributed by atoms with van der Waals surface area (Å²) >= 11 is 0. The molecule has 0 saturated heterocycles. The van der Waals surface area contributed by atoms with Gasteiger partial charge in [0.2, 0.25) is 11.8 Å². The molecule has 188 valence electrons. The summed E-state index contributed by atoms with van der Waals surface area (Å²) in [6.07, 6.45) is 8.46. The average molecular weight is 491 g/mol. The second kappa shape index (κ2) is 11.5. The van der Waals surface area contributed by atoms with E-state index in [1.807, 2.05) is 13.0 Å². The zero-order chi connectivity index (χ0) is 25.5. The molecule has 2 N–H and O–H groups in total. The topological polar surface area (TPSA) is 114 Å². The zero-order valence-electron chi connectivity index (χ0n) is 20.4. The lowest BCUT2D eigenvalue weighted by atomic mass is 10.0. The molecule has 2 heterocycles. The third-order valence-electron chi connectivity index (χ3n) is 6.22. The van der Waals surface area contributed by atoms with Crippen LogP contribution in [0.1, 0.15) is 53.4 Å². The van der Waals surface area contributed by atoms with Gasteiger partial charge in [-0.25, -0.2) is 0 Å². The summed E-state index contributed by atoms with van der Waals surface area (Å²) in [5, 5.41) is 5.71. The van der Waals surface area contributed by atoms with Crippen LogP contribution in [0.15, 0.2) is 65.5 Å². The number of anilines is 1. The highest BCUT2D eigenvalue weighted by atomic mass is 16.5. The van der Waals surface area contributed by atoms with Crippen molar-refractivity contribution in [1.29, 1.82) is 0 Å². The lowest BCUT2D eigenvalue weighted by Crippen LogP contribution is -2.49. The molecule has 2 aromatic heterocycles. The highest BCUT2D eigenvalue weighted by Crippen LogP contribution is 2.36. The number of hydrogen-bond acceptors (Lipinski definition) is 6. The van der Waals surface area contributed by atoms with Gasteiger partial charge in [-0.05, 0) is 55.7 Å². The molecule has 1 aromatic carbocycles. The molecular weight excluding hydrogens is 460 g/mol. The molecule has 1 aliphatic rings. The van der Waals surface area contributed by atoms with Crippen LogP contribution in [-0.2, 0) is 9.59 Å². The van der Waals surface area contributed by atoms with Crippen LogP contribution in [0, 0.1) is 6.92 Å². The number of carbonyl (C=O) groups is 3. The number of aromatic nitrogens is 1. The van der Waals surface area contributed by atoms with Crippen molar-refractivity contribution in [3.05, 3.63) is 78.0 Å². The fraction of sp³-hybridized carbons (Fsp3) is 0.333. The number of amides is 3. The van der Waals surface area contributed by atoms with Crippen LogP contribution in [0.2, 0.25) is 0 Å². The van der Waals surface area contributed by atoms with E-state index in [9.17, 15) is 14.4 Å². The summed E-state index contributed by atoms with van der Waals surface area (Å²) in [5.41, 5.74) is 1.84. The molecule has 1 saturated carbocycles. The molecule has 0 spiro atoms. The number of ether oxygens (including phenoxy) is 1. The molecule has 1 fully saturated rings. The minimum atomic E-state index is -1.02. The summed E-state index contributed by atoms with van der Waals surface area (Å²) in [7, 11) is 1.51. The van der Waals surface area contributed by atoms with Crippen molar-refractivity contribution >= 4 is 23.4 Å². The number of carbonyl (C=O) groups excluding carboxylic acids is 3. The zero-order valence-corrected chi connectivity index (χ0v) is 20.4. The van der Waals surface area contributed by atoms with Gasteiger partial charge in [0.15, 0.2) is 5.76 Å². The van der Waals surface area contributed by atoms with Gasteiger partial charge in [-0.3, -0.25) is 24.3 Å². The van der Waals surface area contributed by atoms with Gasteiger partial charge in [0.05, 0.1) is 25.6 Å². The number of furan rings is 1. The van der Waals surface area contributed by atoms with Crippen molar-refractivity contribution in [2.24, 2.45) is 0 Å². The van der Waals surface area contributed by atoms with Gasteiger partial charge in [-0.1, -0.05) is 25.0 Å². The summed E-state index contributed by atoms with van der Waals surface area (Å²) in [5.74, 6) is -0.824. The Kier molecular flexibility index (Phi) is 7.99. The molecular formula is C27H30N4O5. The van der Waals surface area contributed by atoms with Crippen LogP contribution in [0.4, 0.5) is 5.69 Å². The highest BCUT2D eigenvalue weighted by molar-refractivity contribution is 6.05. The Morgan fingerprint density at radius 1 is 1.17 bits per heavy atom. The third-order valence-corrected chi connectivity index (χ3v) is 6.22. The molecule has 0 radical (unpaired) electrons. The normalized spacial score (nSPS) is 14.2. The van der Waals surface area contributed by atoms with Crippen molar-refractivity contribution in [2.75, 3.05) is 18.6 Å². The van der Waals surface area contributed by atoms with Gasteiger partial charge in [0.25, 0.3) is 5.91 Å². The van der Waals surface area contributed by atoms with Crippen LogP contribution in [0.25, 0.3) is 0 Å². The van der Waals surface area contributed by atoms with Crippen LogP contribution in [-0.4, -0.2) is 42.4 Å². The van der Waals surface area contributed by atoms with Crippen LogP contribution in [0.3, 0.4) is 0 Å². The van der Waals surface area contributed by atoms with Crippen molar-refractivity contribution < 1.29 is 23.5 Å². The van der Waals surface area contributed by atoms with E-state index >= 15 is 0 Å². The van der Waals surface area contributed by atoms with Crippen LogP contribution < -0.4 is 20.3 Å². The molecule has 0 bridgehead atoms. The van der Waals surface area contributed by atoms with Gasteiger partial charge in [-0.15, -0.1) is 0 Å². The van der Waals surface area contributed by atoms with E-state index in [1.54, 1.807) is 42.7 Å². The molecule has 1 aliphatic carbocycles. The molecule has 3 aromatic rings. The minimum absolute atomic E-state index is 0.0479. The number of hydrogen-bond donors (Lipinski definition) is 2. The van der Waals surface area contributed by atoms with Crippen molar-refractivity contribution in [3.63, 3.8) is 0 Å². The van der Waals surface area contributed by atoms with Crippen molar-refractivity contribution in [2.45, 2.75) is 44.7 Å². The van der Waals surface area contributed by atoms with Gasteiger partial charge in [0, 0.05) is 24.0 Å². The Balaban J connectivity index is 1.73. The summed E-state index contributed by atoms with van der Waals surface area (Å²) in [6, 6.07) is 11.0. The Morgan fingerprint density at radius 2 is 1.97 bits per heavy atom. The largest absolute Gasteiger partial charge is 0.495 e. The maximum absolute atomic E-state index is 13.8. The number of methoxy groups -OCH3 is 1. The molecule has 0 unspecified atom stereocenters. The number of rotatable bonds is 9. The van der Waals surface area contributed by atoms with Gasteiger partial charge >= 0.3 is 0 Å². The molecule has 4 rings (SSSR count). The lowest BCUT2D eigenvalue weighted by Gasteiger charge is -2.33. The summed E-state index contributed by atoms with van der Waals surface area (Å²) < 4.78 is 10.7. The van der Waals surface area contributed by atoms with E-state index < -0.39 is 17.9 Å². The SMILES string of the molecule is COc1ccc(C)cc1N(C(=O)CNC(=O)c1ccco1)[C@@H](C(=O)NC1CCCC1)c1cccnc1. The maximum Gasteiger partial charge on any atom is 0.287 e. The van der Waals surface area contributed by atoms with Gasteiger partial charge in [-0.2, -0.15) is 0 Å². The van der Waals surface area contributed by atoms with Gasteiger partial charge < -0.3 is 19.8 Å². The predicted molar refractivity (Wildman–Crippen MR) is 134 cm³/mol. The molecule has 1 atom stereocenters. The van der Waals surface area contributed by atoms with E-state index in [-0.39, 0.29) is 24.3 Å². The van der Waals surface area contributed by atoms with Gasteiger partial charge in [0.1, 0.15) is 11.8 Å². The lowest BCUT2D eigenvalue weighted by molar-refractivity contribution is -0.126. The smallest absolute Gasteiger partial charge is 0.287 e. The number of aryl methyl sites for hydroxylation is 1. The van der Waals surface area contributed by atoms with E-state index in [0.717, 1.165) is 31.2 Å². The number of benzene rings is 1. The molecule has 3 amide bonds.